The first kappa shape index (κ1) is 15.0. The van der Waals surface area contributed by atoms with Gasteiger partial charge in [0, 0.05) is 25.9 Å². The number of aliphatic hydroxyl groups excluding tert-OH is 1. The van der Waals surface area contributed by atoms with Crippen LogP contribution >= 0.6 is 0 Å². The van der Waals surface area contributed by atoms with Crippen LogP contribution in [0.1, 0.15) is 51.0 Å². The minimum Gasteiger partial charge on any atom is -0.396 e. The Labute approximate surface area is 127 Å². The lowest BCUT2D eigenvalue weighted by atomic mass is 9.89. The van der Waals surface area contributed by atoms with Gasteiger partial charge in [0.25, 0.3) is 0 Å². The number of rotatable bonds is 4. The zero-order valence-electron chi connectivity index (χ0n) is 12.9. The quantitative estimate of drug-likeness (QED) is 0.923. The molecule has 0 radical (unpaired) electrons. The van der Waals surface area contributed by atoms with Crippen LogP contribution in [0.25, 0.3) is 0 Å². The smallest absolute Gasteiger partial charge is 0.169 e. The molecule has 116 valence electrons. The van der Waals surface area contributed by atoms with Crippen molar-refractivity contribution in [1.29, 1.82) is 0 Å². The topological polar surface area (TPSA) is 38.7 Å². The predicted molar refractivity (Wildman–Crippen MR) is 82.0 cm³/mol. The van der Waals surface area contributed by atoms with Crippen LogP contribution in [0.4, 0.5) is 0 Å². The van der Waals surface area contributed by atoms with E-state index in [4.69, 9.17) is 9.47 Å². The van der Waals surface area contributed by atoms with E-state index < -0.39 is 5.79 Å². The van der Waals surface area contributed by atoms with Gasteiger partial charge < -0.3 is 14.6 Å². The van der Waals surface area contributed by atoms with E-state index in [1.807, 2.05) is 6.07 Å². The monoisotopic (exact) mass is 290 g/mol. The Morgan fingerprint density at radius 2 is 1.86 bits per heavy atom. The minimum atomic E-state index is -0.401. The predicted octanol–water partition coefficient (Wildman–Crippen LogP) is 3.45. The van der Waals surface area contributed by atoms with E-state index in [9.17, 15) is 5.11 Å². The standard InChI is InChI=1S/C18H26O3/c1-17(14-15-8-4-2-5-9-15)16(10-13-19)20-18(21-17)11-6-3-7-12-18/h2,4-5,8-9,16,19H,3,6-7,10-14H2,1H3/t16-,17-/m1/s1. The first-order valence-electron chi connectivity index (χ1n) is 8.19. The van der Waals surface area contributed by atoms with Gasteiger partial charge in [-0.1, -0.05) is 36.8 Å². The Balaban J connectivity index is 1.80. The molecule has 1 aliphatic carbocycles. The molecule has 3 nitrogen and oxygen atoms in total. The van der Waals surface area contributed by atoms with E-state index in [0.717, 1.165) is 19.3 Å². The Morgan fingerprint density at radius 1 is 1.14 bits per heavy atom. The average molecular weight is 290 g/mol. The molecule has 1 aromatic rings. The summed E-state index contributed by atoms with van der Waals surface area (Å²) in [6.07, 6.45) is 7.04. The summed E-state index contributed by atoms with van der Waals surface area (Å²) in [5.41, 5.74) is 0.918. The summed E-state index contributed by atoms with van der Waals surface area (Å²) < 4.78 is 12.8. The largest absolute Gasteiger partial charge is 0.396 e. The molecule has 3 heteroatoms. The molecule has 0 bridgehead atoms. The highest BCUT2D eigenvalue weighted by Gasteiger charge is 2.54. The van der Waals surface area contributed by atoms with Crippen molar-refractivity contribution < 1.29 is 14.6 Å². The summed E-state index contributed by atoms with van der Waals surface area (Å²) in [4.78, 5) is 0. The van der Waals surface area contributed by atoms with Crippen LogP contribution in [-0.2, 0) is 15.9 Å². The Kier molecular flexibility index (Phi) is 4.34. The number of hydrogen-bond acceptors (Lipinski definition) is 3. The number of benzene rings is 1. The van der Waals surface area contributed by atoms with Gasteiger partial charge in [-0.25, -0.2) is 0 Å². The zero-order chi connectivity index (χ0) is 14.8. The summed E-state index contributed by atoms with van der Waals surface area (Å²) >= 11 is 0. The van der Waals surface area contributed by atoms with Crippen LogP contribution in [0.15, 0.2) is 30.3 Å². The normalized spacial score (nSPS) is 31.6. The first-order chi connectivity index (χ1) is 10.2. The third-order valence-corrected chi connectivity index (χ3v) is 4.86. The van der Waals surface area contributed by atoms with E-state index in [1.54, 1.807) is 0 Å². The molecule has 21 heavy (non-hydrogen) atoms. The summed E-state index contributed by atoms with van der Waals surface area (Å²) in [5, 5.41) is 9.38. The Morgan fingerprint density at radius 3 is 2.52 bits per heavy atom. The van der Waals surface area contributed by atoms with Crippen LogP contribution in [0.3, 0.4) is 0 Å². The fourth-order valence-electron chi connectivity index (χ4n) is 3.84. The van der Waals surface area contributed by atoms with Crippen molar-refractivity contribution >= 4 is 0 Å². The summed E-state index contributed by atoms with van der Waals surface area (Å²) in [5.74, 6) is -0.401. The van der Waals surface area contributed by atoms with E-state index in [1.165, 1.54) is 24.8 Å². The molecule has 2 aliphatic rings. The van der Waals surface area contributed by atoms with Crippen molar-refractivity contribution in [2.75, 3.05) is 6.61 Å². The first-order valence-corrected chi connectivity index (χ1v) is 8.19. The third-order valence-electron chi connectivity index (χ3n) is 4.86. The average Bonchev–Trinajstić information content (AvgIpc) is 2.73. The molecular weight excluding hydrogens is 264 g/mol. The summed E-state index contributed by atoms with van der Waals surface area (Å²) in [6, 6.07) is 10.4. The van der Waals surface area contributed by atoms with Crippen LogP contribution in [-0.4, -0.2) is 29.2 Å². The second-order valence-electron chi connectivity index (χ2n) is 6.67. The van der Waals surface area contributed by atoms with E-state index >= 15 is 0 Å². The van der Waals surface area contributed by atoms with Crippen molar-refractivity contribution in [2.24, 2.45) is 0 Å². The van der Waals surface area contributed by atoms with Crippen molar-refractivity contribution in [3.63, 3.8) is 0 Å². The molecule has 1 heterocycles. The number of aliphatic hydroxyl groups is 1. The van der Waals surface area contributed by atoms with Gasteiger partial charge >= 0.3 is 0 Å². The van der Waals surface area contributed by atoms with Gasteiger partial charge in [0.15, 0.2) is 5.79 Å². The second-order valence-corrected chi connectivity index (χ2v) is 6.67. The maximum Gasteiger partial charge on any atom is 0.169 e. The molecule has 0 unspecified atom stereocenters. The van der Waals surface area contributed by atoms with Crippen LogP contribution in [0, 0.1) is 0 Å². The van der Waals surface area contributed by atoms with Gasteiger partial charge in [0.2, 0.25) is 0 Å². The molecule has 1 aromatic carbocycles. The molecule has 2 fully saturated rings. The summed E-state index contributed by atoms with van der Waals surface area (Å²) in [7, 11) is 0. The van der Waals surface area contributed by atoms with Crippen LogP contribution in [0.2, 0.25) is 0 Å². The van der Waals surface area contributed by atoms with Crippen molar-refractivity contribution in [3.8, 4) is 0 Å². The van der Waals surface area contributed by atoms with Gasteiger partial charge in [0.05, 0.1) is 11.7 Å². The van der Waals surface area contributed by atoms with E-state index in [0.29, 0.717) is 6.42 Å². The molecule has 1 saturated carbocycles. The number of hydrogen-bond donors (Lipinski definition) is 1. The maximum absolute atomic E-state index is 9.38. The zero-order valence-corrected chi connectivity index (χ0v) is 12.9. The highest BCUT2D eigenvalue weighted by Crippen LogP contribution is 2.47. The van der Waals surface area contributed by atoms with Gasteiger partial charge in [-0.3, -0.25) is 0 Å². The lowest BCUT2D eigenvalue weighted by molar-refractivity contribution is -0.205. The van der Waals surface area contributed by atoms with E-state index in [-0.39, 0.29) is 18.3 Å². The number of ether oxygens (including phenoxy) is 2. The Hall–Kier alpha value is -0.900. The maximum atomic E-state index is 9.38. The van der Waals surface area contributed by atoms with Gasteiger partial charge in [-0.15, -0.1) is 0 Å². The van der Waals surface area contributed by atoms with Gasteiger partial charge in [0.1, 0.15) is 0 Å². The molecular formula is C18H26O3. The highest BCUT2D eigenvalue weighted by atomic mass is 16.8. The van der Waals surface area contributed by atoms with Crippen molar-refractivity contribution in [3.05, 3.63) is 35.9 Å². The molecule has 1 spiro atoms. The highest BCUT2D eigenvalue weighted by molar-refractivity contribution is 5.18. The molecule has 1 N–H and O–H groups in total. The molecule has 0 amide bonds. The van der Waals surface area contributed by atoms with Crippen molar-refractivity contribution in [2.45, 2.75) is 69.4 Å². The minimum absolute atomic E-state index is 0.0270. The van der Waals surface area contributed by atoms with Crippen LogP contribution < -0.4 is 0 Å². The molecule has 0 aromatic heterocycles. The van der Waals surface area contributed by atoms with Gasteiger partial charge in [-0.05, 0) is 31.7 Å². The fourth-order valence-corrected chi connectivity index (χ4v) is 3.84. The molecule has 2 atom stereocenters. The van der Waals surface area contributed by atoms with Crippen LogP contribution in [0.5, 0.6) is 0 Å². The third kappa shape index (κ3) is 3.15. The Bertz CT molecular complexity index is 453. The second kappa shape index (κ2) is 6.07. The molecule has 1 aliphatic heterocycles. The SMILES string of the molecule is C[C@]1(Cc2ccccc2)OC2(CCCCC2)O[C@@H]1CCO. The summed E-state index contributed by atoms with van der Waals surface area (Å²) in [6.45, 7) is 2.29. The lowest BCUT2D eigenvalue weighted by Gasteiger charge is -2.34. The van der Waals surface area contributed by atoms with Crippen molar-refractivity contribution in [1.82, 2.24) is 0 Å². The fraction of sp³-hybridized carbons (Fsp3) is 0.667. The molecule has 3 rings (SSSR count). The van der Waals surface area contributed by atoms with Gasteiger partial charge in [-0.2, -0.15) is 0 Å². The molecule has 1 saturated heterocycles. The van der Waals surface area contributed by atoms with E-state index in [2.05, 4.69) is 31.2 Å². The lowest BCUT2D eigenvalue weighted by Crippen LogP contribution is -2.40.